The first-order chi connectivity index (χ1) is 12.1. The standard InChI is InChI=1S/C20H18BrNO3/c1-2-3-6-13-9-10-17(16(21)11-13)22-19(23)15-12-14-7-4-5-8-18(14)25-20(15)24/h4-5,7-12H,2-3,6H2,1H3,(H,22,23). The lowest BCUT2D eigenvalue weighted by molar-refractivity contribution is 0.102. The molecule has 25 heavy (non-hydrogen) atoms. The molecule has 0 fully saturated rings. The minimum Gasteiger partial charge on any atom is -0.422 e. The highest BCUT2D eigenvalue weighted by atomic mass is 79.9. The number of aryl methyl sites for hydroxylation is 1. The van der Waals surface area contributed by atoms with E-state index in [1.54, 1.807) is 24.3 Å². The SMILES string of the molecule is CCCCc1ccc(NC(=O)c2cc3ccccc3oc2=O)c(Br)c1. The molecule has 3 aromatic rings. The Labute approximate surface area is 154 Å². The fourth-order valence-corrected chi connectivity index (χ4v) is 3.13. The van der Waals surface area contributed by atoms with E-state index in [0.717, 1.165) is 23.7 Å². The van der Waals surface area contributed by atoms with Crippen molar-refractivity contribution < 1.29 is 9.21 Å². The first-order valence-electron chi connectivity index (χ1n) is 8.21. The Hall–Kier alpha value is -2.40. The molecule has 0 saturated carbocycles. The van der Waals surface area contributed by atoms with E-state index in [1.807, 2.05) is 24.3 Å². The van der Waals surface area contributed by atoms with E-state index in [2.05, 4.69) is 28.2 Å². The molecular weight excluding hydrogens is 382 g/mol. The lowest BCUT2D eigenvalue weighted by Gasteiger charge is -2.09. The average molecular weight is 400 g/mol. The highest BCUT2D eigenvalue weighted by Gasteiger charge is 2.15. The fraction of sp³-hybridized carbons (Fsp3) is 0.200. The van der Waals surface area contributed by atoms with E-state index in [0.29, 0.717) is 16.7 Å². The molecule has 0 saturated heterocycles. The van der Waals surface area contributed by atoms with Crippen molar-refractivity contribution in [2.75, 3.05) is 5.32 Å². The van der Waals surface area contributed by atoms with Gasteiger partial charge in [-0.05, 0) is 58.6 Å². The maximum absolute atomic E-state index is 12.5. The Morgan fingerprint density at radius 2 is 1.96 bits per heavy atom. The average Bonchev–Trinajstić information content (AvgIpc) is 2.61. The van der Waals surface area contributed by atoms with Crippen molar-refractivity contribution in [3.63, 3.8) is 0 Å². The van der Waals surface area contributed by atoms with Crippen LogP contribution in [0.4, 0.5) is 5.69 Å². The molecule has 1 N–H and O–H groups in total. The molecule has 1 aromatic heterocycles. The first-order valence-corrected chi connectivity index (χ1v) is 9.00. The zero-order valence-corrected chi connectivity index (χ0v) is 15.4. The number of carbonyl (C=O) groups excluding carboxylic acids is 1. The summed E-state index contributed by atoms with van der Waals surface area (Å²) in [5, 5.41) is 3.48. The van der Waals surface area contributed by atoms with E-state index >= 15 is 0 Å². The molecule has 3 rings (SSSR count). The second-order valence-electron chi connectivity index (χ2n) is 5.86. The van der Waals surface area contributed by atoms with Crippen LogP contribution >= 0.6 is 15.9 Å². The molecule has 2 aromatic carbocycles. The van der Waals surface area contributed by atoms with E-state index in [1.165, 1.54) is 5.56 Å². The summed E-state index contributed by atoms with van der Waals surface area (Å²) in [7, 11) is 0. The Kier molecular flexibility index (Phi) is 5.34. The zero-order valence-electron chi connectivity index (χ0n) is 13.8. The lowest BCUT2D eigenvalue weighted by atomic mass is 10.1. The molecule has 4 nitrogen and oxygen atoms in total. The van der Waals surface area contributed by atoms with Crippen molar-refractivity contribution in [2.45, 2.75) is 26.2 Å². The van der Waals surface area contributed by atoms with Crippen molar-refractivity contribution in [1.82, 2.24) is 0 Å². The number of amides is 1. The van der Waals surface area contributed by atoms with Crippen LogP contribution < -0.4 is 10.9 Å². The quantitative estimate of drug-likeness (QED) is 0.603. The van der Waals surface area contributed by atoms with Gasteiger partial charge in [0.15, 0.2) is 0 Å². The summed E-state index contributed by atoms with van der Waals surface area (Å²) in [5.74, 6) is -0.485. The maximum Gasteiger partial charge on any atom is 0.349 e. The minimum atomic E-state index is -0.646. The number of rotatable bonds is 5. The summed E-state index contributed by atoms with van der Waals surface area (Å²) >= 11 is 3.48. The largest absolute Gasteiger partial charge is 0.422 e. The molecule has 0 unspecified atom stereocenters. The minimum absolute atomic E-state index is 0.0133. The third-order valence-electron chi connectivity index (χ3n) is 3.99. The number of halogens is 1. The van der Waals surface area contributed by atoms with Crippen LogP contribution in [-0.4, -0.2) is 5.91 Å². The molecule has 0 atom stereocenters. The summed E-state index contributed by atoms with van der Waals surface area (Å²) < 4.78 is 6.01. The van der Waals surface area contributed by atoms with Gasteiger partial charge in [-0.2, -0.15) is 0 Å². The van der Waals surface area contributed by atoms with Gasteiger partial charge in [-0.1, -0.05) is 37.6 Å². The van der Waals surface area contributed by atoms with Crippen LogP contribution in [0.1, 0.15) is 35.7 Å². The van der Waals surface area contributed by atoms with Crippen LogP contribution in [-0.2, 0) is 6.42 Å². The molecule has 0 radical (unpaired) electrons. The molecule has 0 aliphatic carbocycles. The maximum atomic E-state index is 12.5. The number of hydrogen-bond donors (Lipinski definition) is 1. The summed E-state index contributed by atoms with van der Waals surface area (Å²) in [5.41, 5.74) is 1.63. The van der Waals surface area contributed by atoms with Gasteiger partial charge in [0.05, 0.1) is 5.69 Å². The second-order valence-corrected chi connectivity index (χ2v) is 6.71. The Bertz CT molecular complexity index is 978. The van der Waals surface area contributed by atoms with Crippen LogP contribution in [0.3, 0.4) is 0 Å². The van der Waals surface area contributed by atoms with Crippen LogP contribution in [0.15, 0.2) is 62.2 Å². The highest BCUT2D eigenvalue weighted by molar-refractivity contribution is 9.10. The summed E-state index contributed by atoms with van der Waals surface area (Å²) in [6.07, 6.45) is 3.25. The third-order valence-corrected chi connectivity index (χ3v) is 4.64. The van der Waals surface area contributed by atoms with E-state index in [-0.39, 0.29) is 5.56 Å². The molecule has 0 spiro atoms. The summed E-state index contributed by atoms with van der Waals surface area (Å²) in [6, 6.07) is 14.5. The molecule has 1 heterocycles. The summed E-state index contributed by atoms with van der Waals surface area (Å²) in [6.45, 7) is 2.15. The normalized spacial score (nSPS) is 10.8. The zero-order chi connectivity index (χ0) is 17.8. The number of unbranched alkanes of at least 4 members (excludes halogenated alkanes) is 1. The van der Waals surface area contributed by atoms with Gasteiger partial charge in [-0.3, -0.25) is 4.79 Å². The molecule has 0 aliphatic heterocycles. The molecule has 0 aliphatic rings. The topological polar surface area (TPSA) is 59.3 Å². The van der Waals surface area contributed by atoms with Gasteiger partial charge in [-0.25, -0.2) is 4.79 Å². The van der Waals surface area contributed by atoms with Gasteiger partial charge in [0, 0.05) is 9.86 Å². The van der Waals surface area contributed by atoms with Gasteiger partial charge in [0.1, 0.15) is 11.1 Å². The Balaban J connectivity index is 1.85. The van der Waals surface area contributed by atoms with Gasteiger partial charge < -0.3 is 9.73 Å². The monoisotopic (exact) mass is 399 g/mol. The van der Waals surface area contributed by atoms with Gasteiger partial charge in [0.2, 0.25) is 0 Å². The molecule has 1 amide bonds. The number of nitrogens with one attached hydrogen (secondary N) is 1. The van der Waals surface area contributed by atoms with Gasteiger partial charge in [0.25, 0.3) is 5.91 Å². The number of anilines is 1. The van der Waals surface area contributed by atoms with Gasteiger partial charge in [-0.15, -0.1) is 0 Å². The Morgan fingerprint density at radius 1 is 1.16 bits per heavy atom. The van der Waals surface area contributed by atoms with Crippen LogP contribution in [0, 0.1) is 0 Å². The number of benzene rings is 2. The third kappa shape index (κ3) is 3.99. The van der Waals surface area contributed by atoms with E-state index in [4.69, 9.17) is 4.42 Å². The first kappa shape index (κ1) is 17.4. The predicted molar refractivity (Wildman–Crippen MR) is 103 cm³/mol. The van der Waals surface area contributed by atoms with E-state index in [9.17, 15) is 9.59 Å². The molecule has 0 bridgehead atoms. The molecular formula is C20H18BrNO3. The highest BCUT2D eigenvalue weighted by Crippen LogP contribution is 2.25. The van der Waals surface area contributed by atoms with Crippen molar-refractivity contribution in [2.24, 2.45) is 0 Å². The fourth-order valence-electron chi connectivity index (χ4n) is 2.61. The van der Waals surface area contributed by atoms with Gasteiger partial charge >= 0.3 is 5.63 Å². The van der Waals surface area contributed by atoms with Crippen molar-refractivity contribution in [3.8, 4) is 0 Å². The predicted octanol–water partition coefficient (Wildman–Crippen LogP) is 5.15. The summed E-state index contributed by atoms with van der Waals surface area (Å²) in [4.78, 5) is 24.6. The number of fused-ring (bicyclic) bond motifs is 1. The lowest BCUT2D eigenvalue weighted by Crippen LogP contribution is -2.20. The molecule has 5 heteroatoms. The number of carbonyl (C=O) groups is 1. The molecule has 128 valence electrons. The van der Waals surface area contributed by atoms with Crippen molar-refractivity contribution >= 4 is 38.5 Å². The van der Waals surface area contributed by atoms with Crippen LogP contribution in [0.2, 0.25) is 0 Å². The second kappa shape index (κ2) is 7.66. The van der Waals surface area contributed by atoms with Crippen LogP contribution in [0.25, 0.3) is 11.0 Å². The number of hydrogen-bond acceptors (Lipinski definition) is 3. The van der Waals surface area contributed by atoms with E-state index < -0.39 is 11.5 Å². The number of para-hydroxylation sites is 1. The smallest absolute Gasteiger partial charge is 0.349 e. The Morgan fingerprint density at radius 3 is 2.72 bits per heavy atom. The van der Waals surface area contributed by atoms with Crippen molar-refractivity contribution in [1.29, 1.82) is 0 Å². The van der Waals surface area contributed by atoms with Crippen LogP contribution in [0.5, 0.6) is 0 Å². The van der Waals surface area contributed by atoms with Crippen molar-refractivity contribution in [3.05, 3.63) is 74.6 Å².